The normalized spacial score (nSPS) is 13.9. The van der Waals surface area contributed by atoms with Gasteiger partial charge in [-0.3, -0.25) is 0 Å². The van der Waals surface area contributed by atoms with Gasteiger partial charge in [-0.25, -0.2) is 13.0 Å². The number of rotatable bonds is 7. The zero-order chi connectivity index (χ0) is 13.7. The second-order valence-electron chi connectivity index (χ2n) is 4.26. The summed E-state index contributed by atoms with van der Waals surface area (Å²) in [5.41, 5.74) is 0. The van der Waals surface area contributed by atoms with E-state index in [1.807, 2.05) is 0 Å². The van der Waals surface area contributed by atoms with Gasteiger partial charge < -0.3 is 9.05 Å². The van der Waals surface area contributed by atoms with Crippen LogP contribution in [0.15, 0.2) is 0 Å². The molecule has 0 aromatic carbocycles. The summed E-state index contributed by atoms with van der Waals surface area (Å²) in [7, 11) is -3.34. The average Bonchev–Trinajstić information content (AvgIpc) is 2.14. The van der Waals surface area contributed by atoms with Crippen LogP contribution in [0.3, 0.4) is 0 Å². The van der Waals surface area contributed by atoms with Gasteiger partial charge in [-0.05, 0) is 46.0 Å². The van der Waals surface area contributed by atoms with E-state index in [1.54, 1.807) is 34.6 Å². The standard InChI is InChI=1S/C9H21O5PS2/c1-6-13-15(10,14-7-2)16-8-17(11,12)9(3,4)5/h6-8H2,1-5H3. The van der Waals surface area contributed by atoms with Crippen molar-refractivity contribution in [2.45, 2.75) is 39.4 Å². The minimum atomic E-state index is -3.35. The average molecular weight is 304 g/mol. The van der Waals surface area contributed by atoms with Gasteiger partial charge in [0.2, 0.25) is 0 Å². The first-order valence-electron chi connectivity index (χ1n) is 5.34. The molecule has 0 rings (SSSR count). The molecule has 0 heterocycles. The van der Waals surface area contributed by atoms with Crippen LogP contribution in [0.25, 0.3) is 0 Å². The Kier molecular flexibility index (Phi) is 6.74. The van der Waals surface area contributed by atoms with Gasteiger partial charge in [0.1, 0.15) is 5.08 Å². The highest BCUT2D eigenvalue weighted by Crippen LogP contribution is 2.61. The maximum atomic E-state index is 12.0. The molecule has 0 atom stereocenters. The van der Waals surface area contributed by atoms with Gasteiger partial charge in [0, 0.05) is 0 Å². The monoisotopic (exact) mass is 304 g/mol. The first-order chi connectivity index (χ1) is 7.58. The van der Waals surface area contributed by atoms with Crippen LogP contribution in [0.1, 0.15) is 34.6 Å². The smallest absolute Gasteiger partial charge is 0.301 e. The molecule has 0 bridgehead atoms. The fourth-order valence-electron chi connectivity index (χ4n) is 0.739. The molecule has 17 heavy (non-hydrogen) atoms. The van der Waals surface area contributed by atoms with E-state index in [2.05, 4.69) is 0 Å². The second kappa shape index (κ2) is 6.57. The van der Waals surface area contributed by atoms with Crippen LogP contribution in [-0.2, 0) is 23.4 Å². The lowest BCUT2D eigenvalue weighted by Crippen LogP contribution is -2.29. The van der Waals surface area contributed by atoms with Gasteiger partial charge >= 0.3 is 6.80 Å². The summed E-state index contributed by atoms with van der Waals surface area (Å²) in [6, 6.07) is 0. The van der Waals surface area contributed by atoms with E-state index < -0.39 is 21.4 Å². The summed E-state index contributed by atoms with van der Waals surface area (Å²) in [5, 5.41) is -0.270. The zero-order valence-electron chi connectivity index (χ0n) is 10.9. The Hall–Kier alpha value is 0.450. The zero-order valence-corrected chi connectivity index (χ0v) is 13.5. The molecule has 0 aromatic rings. The molecule has 0 amide bonds. The Bertz CT molecular complexity index is 361. The number of sulfone groups is 1. The Labute approximate surface area is 108 Å². The third kappa shape index (κ3) is 5.75. The van der Waals surface area contributed by atoms with Gasteiger partial charge in [-0.15, -0.1) is 0 Å². The summed E-state index contributed by atoms with van der Waals surface area (Å²) in [5.74, 6) is 0. The van der Waals surface area contributed by atoms with Crippen molar-refractivity contribution in [2.24, 2.45) is 0 Å². The Morgan fingerprint density at radius 2 is 1.53 bits per heavy atom. The highest BCUT2D eigenvalue weighted by Gasteiger charge is 2.34. The molecule has 0 aliphatic rings. The quantitative estimate of drug-likeness (QED) is 0.673. The van der Waals surface area contributed by atoms with Crippen molar-refractivity contribution in [3.63, 3.8) is 0 Å². The molecule has 0 spiro atoms. The molecular weight excluding hydrogens is 283 g/mol. The number of hydrogen-bond donors (Lipinski definition) is 0. The number of hydrogen-bond acceptors (Lipinski definition) is 6. The van der Waals surface area contributed by atoms with Crippen molar-refractivity contribution in [3.05, 3.63) is 0 Å². The van der Waals surface area contributed by atoms with Crippen LogP contribution in [0.5, 0.6) is 0 Å². The Morgan fingerprint density at radius 3 is 1.82 bits per heavy atom. The lowest BCUT2D eigenvalue weighted by Gasteiger charge is -2.21. The van der Waals surface area contributed by atoms with Crippen LogP contribution in [-0.4, -0.2) is 31.5 Å². The fourth-order valence-corrected chi connectivity index (χ4v) is 7.57. The van der Waals surface area contributed by atoms with Crippen LogP contribution < -0.4 is 0 Å². The topological polar surface area (TPSA) is 69.7 Å². The first-order valence-corrected chi connectivity index (χ1v) is 10.1. The van der Waals surface area contributed by atoms with Crippen molar-refractivity contribution < 1.29 is 22.0 Å². The first kappa shape index (κ1) is 17.4. The van der Waals surface area contributed by atoms with Crippen LogP contribution in [0.4, 0.5) is 0 Å². The molecule has 0 fully saturated rings. The molecule has 104 valence electrons. The van der Waals surface area contributed by atoms with Gasteiger partial charge in [-0.1, -0.05) is 0 Å². The molecule has 5 nitrogen and oxygen atoms in total. The van der Waals surface area contributed by atoms with Crippen molar-refractivity contribution >= 4 is 28.0 Å². The molecule has 0 aliphatic carbocycles. The van der Waals surface area contributed by atoms with E-state index in [9.17, 15) is 13.0 Å². The predicted molar refractivity (Wildman–Crippen MR) is 72.0 cm³/mol. The summed E-state index contributed by atoms with van der Waals surface area (Å²) in [6.07, 6.45) is 0. The molecule has 0 radical (unpaired) electrons. The maximum Gasteiger partial charge on any atom is 0.390 e. The predicted octanol–water partition coefficient (Wildman–Crippen LogP) is 3.07. The third-order valence-corrected chi connectivity index (χ3v) is 9.40. The lowest BCUT2D eigenvalue weighted by molar-refractivity contribution is 0.237. The van der Waals surface area contributed by atoms with E-state index >= 15 is 0 Å². The second-order valence-corrected chi connectivity index (χ2v) is 11.4. The highest BCUT2D eigenvalue weighted by molar-refractivity contribution is 8.57. The van der Waals surface area contributed by atoms with Crippen molar-refractivity contribution in [1.82, 2.24) is 0 Å². The fraction of sp³-hybridized carbons (Fsp3) is 1.00. The maximum absolute atomic E-state index is 12.0. The summed E-state index contributed by atoms with van der Waals surface area (Å²) < 4.78 is 44.9. The Balaban J connectivity index is 4.68. The summed E-state index contributed by atoms with van der Waals surface area (Å²) in [4.78, 5) is 0. The van der Waals surface area contributed by atoms with Gasteiger partial charge in [0.15, 0.2) is 9.84 Å². The van der Waals surface area contributed by atoms with Gasteiger partial charge in [-0.2, -0.15) is 0 Å². The lowest BCUT2D eigenvalue weighted by atomic mass is 10.3. The molecule has 0 saturated carbocycles. The van der Waals surface area contributed by atoms with Crippen molar-refractivity contribution in [2.75, 3.05) is 18.3 Å². The van der Waals surface area contributed by atoms with Crippen LogP contribution in [0, 0.1) is 0 Å². The minimum Gasteiger partial charge on any atom is -0.301 e. The van der Waals surface area contributed by atoms with E-state index in [4.69, 9.17) is 9.05 Å². The molecule has 0 saturated heterocycles. The largest absolute Gasteiger partial charge is 0.390 e. The summed E-state index contributed by atoms with van der Waals surface area (Å²) in [6.45, 7) is 5.29. The van der Waals surface area contributed by atoms with E-state index in [-0.39, 0.29) is 18.3 Å². The van der Waals surface area contributed by atoms with Crippen LogP contribution in [0.2, 0.25) is 0 Å². The van der Waals surface area contributed by atoms with Gasteiger partial charge in [0.05, 0.1) is 18.0 Å². The van der Waals surface area contributed by atoms with Crippen molar-refractivity contribution in [1.29, 1.82) is 0 Å². The highest BCUT2D eigenvalue weighted by atomic mass is 32.7. The molecule has 0 N–H and O–H groups in total. The van der Waals surface area contributed by atoms with E-state index in [1.165, 1.54) is 0 Å². The summed E-state index contributed by atoms with van der Waals surface area (Å²) >= 11 is 0.730. The van der Waals surface area contributed by atoms with E-state index in [0.717, 1.165) is 11.4 Å². The van der Waals surface area contributed by atoms with Crippen molar-refractivity contribution in [3.8, 4) is 0 Å². The molecule has 0 aliphatic heterocycles. The van der Waals surface area contributed by atoms with Crippen LogP contribution >= 0.6 is 18.2 Å². The van der Waals surface area contributed by atoms with Gasteiger partial charge in [0.25, 0.3) is 0 Å². The minimum absolute atomic E-state index is 0.222. The third-order valence-electron chi connectivity index (χ3n) is 1.87. The SMILES string of the molecule is CCOP(=O)(OCC)SCS(=O)(=O)C(C)(C)C. The Morgan fingerprint density at radius 1 is 1.12 bits per heavy atom. The molecule has 8 heteroatoms. The molecule has 0 unspecified atom stereocenters. The molecule has 0 aromatic heterocycles. The van der Waals surface area contributed by atoms with E-state index in [0.29, 0.717) is 0 Å². The molecular formula is C9H21O5PS2.